The molecule has 17 heavy (non-hydrogen) atoms. The molecule has 1 fully saturated rings. The fraction of sp³-hybridized carbons (Fsp3) is 0.455. The Kier molecular flexibility index (Phi) is 3.43. The summed E-state index contributed by atoms with van der Waals surface area (Å²) in [7, 11) is 1.59. The minimum atomic E-state index is -0.331. The SMILES string of the molecule is COc1cc(N2CCOC(C(=N)N)C2)ccn1. The quantitative estimate of drug-likeness (QED) is 0.579. The van der Waals surface area contributed by atoms with Crippen molar-refractivity contribution in [2.75, 3.05) is 31.7 Å². The normalized spacial score (nSPS) is 20.1. The van der Waals surface area contributed by atoms with Crippen LogP contribution in [0.15, 0.2) is 18.3 Å². The Balaban J connectivity index is 2.13. The van der Waals surface area contributed by atoms with Gasteiger partial charge in [0.2, 0.25) is 5.88 Å². The van der Waals surface area contributed by atoms with Gasteiger partial charge in [-0.15, -0.1) is 0 Å². The maximum absolute atomic E-state index is 7.41. The number of amidine groups is 1. The van der Waals surface area contributed by atoms with Gasteiger partial charge in [-0.3, -0.25) is 5.41 Å². The van der Waals surface area contributed by atoms with Crippen LogP contribution >= 0.6 is 0 Å². The second-order valence-electron chi connectivity index (χ2n) is 3.82. The molecule has 1 aliphatic heterocycles. The molecule has 0 bridgehead atoms. The Morgan fingerprint density at radius 3 is 3.24 bits per heavy atom. The lowest BCUT2D eigenvalue weighted by atomic mass is 10.2. The summed E-state index contributed by atoms with van der Waals surface area (Å²) in [5, 5.41) is 7.41. The van der Waals surface area contributed by atoms with E-state index in [1.807, 2.05) is 12.1 Å². The first kappa shape index (κ1) is 11.7. The van der Waals surface area contributed by atoms with E-state index in [1.165, 1.54) is 0 Å². The Bertz CT molecular complexity index is 410. The second-order valence-corrected chi connectivity index (χ2v) is 3.82. The maximum Gasteiger partial charge on any atom is 0.214 e. The van der Waals surface area contributed by atoms with E-state index < -0.39 is 0 Å². The van der Waals surface area contributed by atoms with Crippen LogP contribution in [-0.2, 0) is 4.74 Å². The Morgan fingerprint density at radius 2 is 2.53 bits per heavy atom. The number of ether oxygens (including phenoxy) is 2. The monoisotopic (exact) mass is 236 g/mol. The van der Waals surface area contributed by atoms with Gasteiger partial charge in [0.1, 0.15) is 11.9 Å². The van der Waals surface area contributed by atoms with Crippen LogP contribution in [0.5, 0.6) is 5.88 Å². The highest BCUT2D eigenvalue weighted by molar-refractivity contribution is 5.82. The topological polar surface area (TPSA) is 84.5 Å². The summed E-state index contributed by atoms with van der Waals surface area (Å²) in [5.41, 5.74) is 6.46. The number of aromatic nitrogens is 1. The third-order valence-electron chi connectivity index (χ3n) is 2.71. The zero-order valence-electron chi connectivity index (χ0n) is 9.72. The molecule has 6 nitrogen and oxygen atoms in total. The number of anilines is 1. The van der Waals surface area contributed by atoms with Crippen LogP contribution < -0.4 is 15.4 Å². The molecule has 2 rings (SSSR count). The molecule has 92 valence electrons. The summed E-state index contributed by atoms with van der Waals surface area (Å²) < 4.78 is 10.5. The highest BCUT2D eigenvalue weighted by Crippen LogP contribution is 2.20. The molecule has 1 unspecified atom stereocenters. The Hall–Kier alpha value is -1.82. The number of methoxy groups -OCH3 is 1. The van der Waals surface area contributed by atoms with Gasteiger partial charge in [0.05, 0.1) is 20.3 Å². The molecule has 6 heteroatoms. The molecule has 0 spiro atoms. The molecule has 1 atom stereocenters. The molecule has 0 aliphatic carbocycles. The summed E-state index contributed by atoms with van der Waals surface area (Å²) in [6.07, 6.45) is 1.37. The van der Waals surface area contributed by atoms with Crippen molar-refractivity contribution in [1.29, 1.82) is 5.41 Å². The lowest BCUT2D eigenvalue weighted by molar-refractivity contribution is 0.0826. The fourth-order valence-electron chi connectivity index (χ4n) is 1.78. The Morgan fingerprint density at radius 1 is 1.71 bits per heavy atom. The van der Waals surface area contributed by atoms with E-state index in [9.17, 15) is 0 Å². The first-order valence-electron chi connectivity index (χ1n) is 5.41. The van der Waals surface area contributed by atoms with Gasteiger partial charge in [0.15, 0.2) is 0 Å². The molecule has 1 aliphatic rings. The summed E-state index contributed by atoms with van der Waals surface area (Å²) in [4.78, 5) is 6.17. The van der Waals surface area contributed by atoms with Crippen LogP contribution in [0.4, 0.5) is 5.69 Å². The van der Waals surface area contributed by atoms with Gasteiger partial charge >= 0.3 is 0 Å². The third-order valence-corrected chi connectivity index (χ3v) is 2.71. The molecule has 2 heterocycles. The van der Waals surface area contributed by atoms with Crippen molar-refractivity contribution in [3.63, 3.8) is 0 Å². The average molecular weight is 236 g/mol. The molecule has 0 amide bonds. The highest BCUT2D eigenvalue weighted by atomic mass is 16.5. The van der Waals surface area contributed by atoms with E-state index in [4.69, 9.17) is 20.6 Å². The summed E-state index contributed by atoms with van der Waals surface area (Å²) >= 11 is 0. The highest BCUT2D eigenvalue weighted by Gasteiger charge is 2.23. The van der Waals surface area contributed by atoms with E-state index in [0.717, 1.165) is 12.2 Å². The molecule has 0 saturated carbocycles. The van der Waals surface area contributed by atoms with Gasteiger partial charge in [0, 0.05) is 24.5 Å². The van der Waals surface area contributed by atoms with E-state index >= 15 is 0 Å². The summed E-state index contributed by atoms with van der Waals surface area (Å²) in [5.74, 6) is 0.643. The fourth-order valence-corrected chi connectivity index (χ4v) is 1.78. The van der Waals surface area contributed by atoms with Gasteiger partial charge in [-0.05, 0) is 6.07 Å². The van der Waals surface area contributed by atoms with Crippen molar-refractivity contribution in [1.82, 2.24) is 4.98 Å². The van der Waals surface area contributed by atoms with Crippen molar-refractivity contribution in [3.05, 3.63) is 18.3 Å². The molecule has 1 aromatic heterocycles. The van der Waals surface area contributed by atoms with E-state index in [0.29, 0.717) is 19.0 Å². The number of nitrogens with two attached hydrogens (primary N) is 1. The van der Waals surface area contributed by atoms with Gasteiger partial charge in [0.25, 0.3) is 0 Å². The minimum Gasteiger partial charge on any atom is -0.481 e. The van der Waals surface area contributed by atoms with Crippen molar-refractivity contribution < 1.29 is 9.47 Å². The zero-order chi connectivity index (χ0) is 12.3. The maximum atomic E-state index is 7.41. The van der Waals surface area contributed by atoms with Crippen LogP contribution in [0.2, 0.25) is 0 Å². The van der Waals surface area contributed by atoms with Crippen LogP contribution in [0.3, 0.4) is 0 Å². The van der Waals surface area contributed by atoms with Gasteiger partial charge in [-0.25, -0.2) is 4.98 Å². The van der Waals surface area contributed by atoms with Crippen LogP contribution in [0.25, 0.3) is 0 Å². The molecule has 1 aromatic rings. The molecule has 1 saturated heterocycles. The zero-order valence-corrected chi connectivity index (χ0v) is 9.72. The van der Waals surface area contributed by atoms with Crippen LogP contribution in [0, 0.1) is 5.41 Å². The molecule has 3 N–H and O–H groups in total. The third kappa shape index (κ3) is 2.65. The van der Waals surface area contributed by atoms with E-state index in [2.05, 4.69) is 9.88 Å². The number of hydrogen-bond acceptors (Lipinski definition) is 5. The minimum absolute atomic E-state index is 0.0655. The first-order chi connectivity index (χ1) is 8.20. The number of hydrogen-bond donors (Lipinski definition) is 2. The van der Waals surface area contributed by atoms with E-state index in [-0.39, 0.29) is 11.9 Å². The van der Waals surface area contributed by atoms with Gasteiger partial charge < -0.3 is 20.1 Å². The standard InChI is InChI=1S/C11H16N4O2/c1-16-10-6-8(2-3-14-10)15-4-5-17-9(7-15)11(12)13/h2-3,6,9H,4-5,7H2,1H3,(H3,12,13). The van der Waals surface area contributed by atoms with Crippen molar-refractivity contribution in [2.45, 2.75) is 6.10 Å². The molecule has 0 aromatic carbocycles. The largest absolute Gasteiger partial charge is 0.481 e. The number of rotatable bonds is 3. The smallest absolute Gasteiger partial charge is 0.214 e. The number of morpholine rings is 1. The number of pyridine rings is 1. The molecular formula is C11H16N4O2. The predicted molar refractivity (Wildman–Crippen MR) is 64.7 cm³/mol. The first-order valence-corrected chi connectivity index (χ1v) is 5.41. The molecule has 0 radical (unpaired) electrons. The average Bonchev–Trinajstić information content (AvgIpc) is 2.39. The number of nitrogens with zero attached hydrogens (tertiary/aromatic N) is 2. The lowest BCUT2D eigenvalue weighted by Crippen LogP contribution is -2.48. The van der Waals surface area contributed by atoms with Crippen molar-refractivity contribution in [2.24, 2.45) is 5.73 Å². The summed E-state index contributed by atoms with van der Waals surface area (Å²) in [6, 6.07) is 3.77. The summed E-state index contributed by atoms with van der Waals surface area (Å²) in [6.45, 7) is 1.92. The predicted octanol–water partition coefficient (Wildman–Crippen LogP) is 0.231. The van der Waals surface area contributed by atoms with Crippen molar-refractivity contribution >= 4 is 11.5 Å². The van der Waals surface area contributed by atoms with Crippen molar-refractivity contribution in [3.8, 4) is 5.88 Å². The van der Waals surface area contributed by atoms with Crippen LogP contribution in [0.1, 0.15) is 0 Å². The second kappa shape index (κ2) is 5.01. The molecular weight excluding hydrogens is 220 g/mol. The van der Waals surface area contributed by atoms with Crippen LogP contribution in [-0.4, -0.2) is 43.7 Å². The number of nitrogens with one attached hydrogen (secondary N) is 1. The van der Waals surface area contributed by atoms with Gasteiger partial charge in [-0.1, -0.05) is 0 Å². The van der Waals surface area contributed by atoms with Gasteiger partial charge in [-0.2, -0.15) is 0 Å². The van der Waals surface area contributed by atoms with E-state index in [1.54, 1.807) is 13.3 Å². The lowest BCUT2D eigenvalue weighted by Gasteiger charge is -2.33. The Labute approximate surface area is 99.8 Å².